The SMILES string of the molecule is O=C(CSc1nc(C(F)(F)F)cc(=O)[nH]1)NC1CCCCC1. The first-order valence-corrected chi connectivity index (χ1v) is 7.94. The van der Waals surface area contributed by atoms with Crippen LogP contribution in [-0.4, -0.2) is 27.7 Å². The van der Waals surface area contributed by atoms with Gasteiger partial charge in [-0.05, 0) is 12.8 Å². The zero-order valence-electron chi connectivity index (χ0n) is 11.7. The number of halogens is 3. The van der Waals surface area contributed by atoms with Crippen molar-refractivity contribution in [3.8, 4) is 0 Å². The zero-order chi connectivity index (χ0) is 16.2. The molecule has 0 saturated heterocycles. The number of hydrogen-bond acceptors (Lipinski definition) is 4. The van der Waals surface area contributed by atoms with Crippen molar-refractivity contribution in [2.45, 2.75) is 49.5 Å². The van der Waals surface area contributed by atoms with Crippen molar-refractivity contribution in [3.05, 3.63) is 22.1 Å². The first-order valence-electron chi connectivity index (χ1n) is 6.95. The van der Waals surface area contributed by atoms with Crippen LogP contribution in [0.1, 0.15) is 37.8 Å². The molecule has 0 unspecified atom stereocenters. The molecule has 22 heavy (non-hydrogen) atoms. The maximum absolute atomic E-state index is 12.6. The van der Waals surface area contributed by atoms with Crippen LogP contribution in [0.3, 0.4) is 0 Å². The van der Waals surface area contributed by atoms with Crippen molar-refractivity contribution in [2.75, 3.05) is 5.75 Å². The topological polar surface area (TPSA) is 74.8 Å². The Morgan fingerprint density at radius 2 is 2.05 bits per heavy atom. The van der Waals surface area contributed by atoms with Gasteiger partial charge in [0.2, 0.25) is 5.91 Å². The number of thioether (sulfide) groups is 1. The molecule has 1 amide bonds. The van der Waals surface area contributed by atoms with E-state index >= 15 is 0 Å². The Bertz CT molecular complexity index is 583. The van der Waals surface area contributed by atoms with E-state index in [1.165, 1.54) is 0 Å². The van der Waals surface area contributed by atoms with Crippen molar-refractivity contribution in [3.63, 3.8) is 0 Å². The van der Waals surface area contributed by atoms with Gasteiger partial charge in [-0.1, -0.05) is 31.0 Å². The van der Waals surface area contributed by atoms with Gasteiger partial charge in [0.05, 0.1) is 5.75 Å². The van der Waals surface area contributed by atoms with Crippen LogP contribution in [0, 0.1) is 0 Å². The molecule has 1 fully saturated rings. The molecule has 0 aliphatic heterocycles. The summed E-state index contributed by atoms with van der Waals surface area (Å²) in [5.74, 6) is -0.349. The summed E-state index contributed by atoms with van der Waals surface area (Å²) in [6, 6.07) is 0.530. The third-order valence-electron chi connectivity index (χ3n) is 3.32. The Morgan fingerprint density at radius 3 is 2.68 bits per heavy atom. The number of hydrogen-bond donors (Lipinski definition) is 2. The van der Waals surface area contributed by atoms with E-state index in [2.05, 4.69) is 15.3 Å². The summed E-state index contributed by atoms with van der Waals surface area (Å²) in [5, 5.41) is 2.64. The highest BCUT2D eigenvalue weighted by Gasteiger charge is 2.33. The predicted octanol–water partition coefficient (Wildman–Crippen LogP) is 2.33. The fourth-order valence-corrected chi connectivity index (χ4v) is 2.99. The minimum Gasteiger partial charge on any atom is -0.353 e. The quantitative estimate of drug-likeness (QED) is 0.654. The average Bonchev–Trinajstić information content (AvgIpc) is 2.45. The lowest BCUT2D eigenvalue weighted by atomic mass is 9.95. The molecular weight excluding hydrogens is 319 g/mol. The number of amides is 1. The first-order chi connectivity index (χ1) is 10.3. The molecule has 2 rings (SSSR count). The van der Waals surface area contributed by atoms with Gasteiger partial charge >= 0.3 is 6.18 Å². The Labute approximate surface area is 129 Å². The molecule has 0 spiro atoms. The third-order valence-corrected chi connectivity index (χ3v) is 4.19. The van der Waals surface area contributed by atoms with E-state index in [9.17, 15) is 22.8 Å². The number of nitrogens with one attached hydrogen (secondary N) is 2. The maximum Gasteiger partial charge on any atom is 0.433 e. The van der Waals surface area contributed by atoms with E-state index in [-0.39, 0.29) is 22.9 Å². The second-order valence-corrected chi connectivity index (χ2v) is 6.09. The fourth-order valence-electron chi connectivity index (χ4n) is 2.30. The molecule has 122 valence electrons. The zero-order valence-corrected chi connectivity index (χ0v) is 12.5. The van der Waals surface area contributed by atoms with Crippen LogP contribution in [-0.2, 0) is 11.0 Å². The van der Waals surface area contributed by atoms with E-state index in [0.29, 0.717) is 6.07 Å². The maximum atomic E-state index is 12.6. The number of nitrogens with zero attached hydrogens (tertiary/aromatic N) is 1. The molecule has 5 nitrogen and oxygen atoms in total. The van der Waals surface area contributed by atoms with E-state index in [0.717, 1.165) is 43.9 Å². The molecule has 1 aromatic heterocycles. The van der Waals surface area contributed by atoms with Crippen LogP contribution < -0.4 is 10.9 Å². The molecule has 1 heterocycles. The third kappa shape index (κ3) is 5.04. The lowest BCUT2D eigenvalue weighted by Gasteiger charge is -2.22. The molecule has 0 radical (unpaired) electrons. The summed E-state index contributed by atoms with van der Waals surface area (Å²) in [5.41, 5.74) is -2.15. The second kappa shape index (κ2) is 7.17. The molecule has 1 aromatic rings. The van der Waals surface area contributed by atoms with Crippen molar-refractivity contribution in [2.24, 2.45) is 0 Å². The highest BCUT2D eigenvalue weighted by Crippen LogP contribution is 2.27. The van der Waals surface area contributed by atoms with Gasteiger partial charge in [0.15, 0.2) is 10.9 Å². The Hall–Kier alpha value is -1.51. The molecule has 9 heteroatoms. The number of H-pyrrole nitrogens is 1. The van der Waals surface area contributed by atoms with Crippen molar-refractivity contribution in [1.29, 1.82) is 0 Å². The van der Waals surface area contributed by atoms with E-state index in [4.69, 9.17) is 0 Å². The first kappa shape index (κ1) is 16.9. The molecule has 2 N–H and O–H groups in total. The summed E-state index contributed by atoms with van der Waals surface area (Å²) in [6.45, 7) is 0. The summed E-state index contributed by atoms with van der Waals surface area (Å²) < 4.78 is 37.7. The molecule has 0 atom stereocenters. The number of carbonyl (C=O) groups is 1. The van der Waals surface area contributed by atoms with Gasteiger partial charge in [0, 0.05) is 12.1 Å². The highest BCUT2D eigenvalue weighted by atomic mass is 32.2. The monoisotopic (exact) mass is 335 g/mol. The predicted molar refractivity (Wildman–Crippen MR) is 75.6 cm³/mol. The Kier molecular flexibility index (Phi) is 5.49. The summed E-state index contributed by atoms with van der Waals surface area (Å²) in [4.78, 5) is 28.5. The van der Waals surface area contributed by atoms with Crippen molar-refractivity contribution >= 4 is 17.7 Å². The van der Waals surface area contributed by atoms with Crippen LogP contribution in [0.5, 0.6) is 0 Å². The van der Waals surface area contributed by atoms with Gasteiger partial charge in [-0.25, -0.2) is 4.98 Å². The lowest BCUT2D eigenvalue weighted by Crippen LogP contribution is -2.37. The molecule has 1 saturated carbocycles. The molecular formula is C13H16F3N3O2S. The summed E-state index contributed by atoms with van der Waals surface area (Å²) in [6.07, 6.45) is 0.468. The van der Waals surface area contributed by atoms with Crippen LogP contribution >= 0.6 is 11.8 Å². The van der Waals surface area contributed by atoms with Gasteiger partial charge in [0.1, 0.15) is 0 Å². The normalized spacial score (nSPS) is 16.5. The van der Waals surface area contributed by atoms with Crippen LogP contribution in [0.15, 0.2) is 16.0 Å². The van der Waals surface area contributed by atoms with Gasteiger partial charge in [-0.3, -0.25) is 9.59 Å². The number of aromatic amines is 1. The molecule has 0 aromatic carbocycles. The van der Waals surface area contributed by atoms with Gasteiger partial charge < -0.3 is 10.3 Å². The Morgan fingerprint density at radius 1 is 1.36 bits per heavy atom. The highest BCUT2D eigenvalue weighted by molar-refractivity contribution is 7.99. The van der Waals surface area contributed by atoms with Crippen LogP contribution in [0.25, 0.3) is 0 Å². The molecule has 1 aliphatic carbocycles. The van der Waals surface area contributed by atoms with Crippen LogP contribution in [0.2, 0.25) is 0 Å². The van der Waals surface area contributed by atoms with Crippen molar-refractivity contribution < 1.29 is 18.0 Å². The number of carbonyl (C=O) groups excluding carboxylic acids is 1. The molecule has 0 bridgehead atoms. The van der Waals surface area contributed by atoms with Crippen molar-refractivity contribution in [1.82, 2.24) is 15.3 Å². The Balaban J connectivity index is 1.92. The van der Waals surface area contributed by atoms with Gasteiger partial charge in [-0.2, -0.15) is 13.2 Å². The number of aromatic nitrogens is 2. The lowest BCUT2D eigenvalue weighted by molar-refractivity contribution is -0.141. The van der Waals surface area contributed by atoms with Gasteiger partial charge in [0.25, 0.3) is 5.56 Å². The standard InChI is InChI=1S/C13H16F3N3O2S/c14-13(15,16)9-6-10(20)19-12(18-9)22-7-11(21)17-8-4-2-1-3-5-8/h6,8H,1-5,7H2,(H,17,21)(H,18,19,20). The average molecular weight is 335 g/mol. The van der Waals surface area contributed by atoms with E-state index in [1.807, 2.05) is 0 Å². The van der Waals surface area contributed by atoms with E-state index < -0.39 is 17.4 Å². The fraction of sp³-hybridized carbons (Fsp3) is 0.615. The van der Waals surface area contributed by atoms with Crippen LogP contribution in [0.4, 0.5) is 13.2 Å². The number of alkyl halides is 3. The van der Waals surface area contributed by atoms with Gasteiger partial charge in [-0.15, -0.1) is 0 Å². The number of rotatable bonds is 4. The summed E-state index contributed by atoms with van der Waals surface area (Å²) in [7, 11) is 0. The smallest absolute Gasteiger partial charge is 0.353 e. The molecule has 1 aliphatic rings. The largest absolute Gasteiger partial charge is 0.433 e. The minimum absolute atomic E-state index is 0.0826. The van der Waals surface area contributed by atoms with E-state index in [1.54, 1.807) is 0 Å². The summed E-state index contributed by atoms with van der Waals surface area (Å²) >= 11 is 0.783. The second-order valence-electron chi connectivity index (χ2n) is 5.12. The minimum atomic E-state index is -4.69.